The number of phenols is 1. The molecule has 2 aromatic rings. The van der Waals surface area contributed by atoms with Gasteiger partial charge in [0, 0.05) is 11.8 Å². The molecular formula is C13H12N6O5. The number of nitrogens with two attached hydrogens (primary N) is 2. The zero-order valence-corrected chi connectivity index (χ0v) is 12.3. The van der Waals surface area contributed by atoms with Gasteiger partial charge in [0.15, 0.2) is 0 Å². The third kappa shape index (κ3) is 3.19. The number of hydrogen-bond acceptors (Lipinski definition) is 9. The van der Waals surface area contributed by atoms with Crippen LogP contribution in [0.5, 0.6) is 5.75 Å². The average molecular weight is 332 g/mol. The van der Waals surface area contributed by atoms with Crippen LogP contribution in [-0.2, 0) is 0 Å². The molecule has 5 N–H and O–H groups in total. The van der Waals surface area contributed by atoms with Crippen molar-refractivity contribution in [3.63, 3.8) is 0 Å². The molecule has 11 heteroatoms. The summed E-state index contributed by atoms with van der Waals surface area (Å²) < 4.78 is 0. The normalized spacial score (nSPS) is 10.9. The van der Waals surface area contributed by atoms with Crippen molar-refractivity contribution in [1.29, 1.82) is 0 Å². The first-order valence-corrected chi connectivity index (χ1v) is 6.44. The van der Waals surface area contributed by atoms with E-state index < -0.39 is 32.7 Å². The Hall–Kier alpha value is -3.76. The highest BCUT2D eigenvalue weighted by molar-refractivity contribution is 5.71. The van der Waals surface area contributed by atoms with E-state index in [-0.39, 0.29) is 11.4 Å². The Balaban J connectivity index is 2.55. The Labute approximate surface area is 134 Å². The highest BCUT2D eigenvalue weighted by Gasteiger charge is 2.24. The standard InChI is InChI=1S/C13H12N6O5/c1-6-2-10(9(15)5-8(6)14)16-17-11-3-7(18(21)22)4-12(13(11)20)19(23)24/h2-5,20H,14-15H2,1H3. The highest BCUT2D eigenvalue weighted by atomic mass is 16.6. The van der Waals surface area contributed by atoms with Crippen LogP contribution in [0.15, 0.2) is 34.5 Å². The lowest BCUT2D eigenvalue weighted by Crippen LogP contribution is -1.94. The van der Waals surface area contributed by atoms with Crippen molar-refractivity contribution < 1.29 is 15.0 Å². The quantitative estimate of drug-likeness (QED) is 0.332. The van der Waals surface area contributed by atoms with Gasteiger partial charge in [0.25, 0.3) is 5.69 Å². The number of aryl methyl sites for hydroxylation is 1. The van der Waals surface area contributed by atoms with Crippen LogP contribution in [0.4, 0.5) is 34.1 Å². The molecule has 0 aliphatic heterocycles. The number of nitro benzene ring substituents is 2. The van der Waals surface area contributed by atoms with E-state index in [9.17, 15) is 25.3 Å². The number of benzene rings is 2. The molecule has 2 aromatic carbocycles. The Kier molecular flexibility index (Phi) is 4.26. The second-order valence-corrected chi connectivity index (χ2v) is 4.81. The molecule has 0 saturated carbocycles. The fourth-order valence-corrected chi connectivity index (χ4v) is 1.83. The van der Waals surface area contributed by atoms with E-state index in [1.807, 2.05) is 0 Å². The van der Waals surface area contributed by atoms with Crippen molar-refractivity contribution in [2.45, 2.75) is 6.92 Å². The summed E-state index contributed by atoms with van der Waals surface area (Å²) in [6.07, 6.45) is 0. The van der Waals surface area contributed by atoms with E-state index in [0.29, 0.717) is 17.3 Å². The largest absolute Gasteiger partial charge is 0.501 e. The Morgan fingerprint density at radius 1 is 0.958 bits per heavy atom. The number of azo groups is 1. The fraction of sp³-hybridized carbons (Fsp3) is 0.0769. The van der Waals surface area contributed by atoms with E-state index in [4.69, 9.17) is 11.5 Å². The van der Waals surface area contributed by atoms with Crippen molar-refractivity contribution in [2.75, 3.05) is 11.5 Å². The Morgan fingerprint density at radius 3 is 2.17 bits per heavy atom. The average Bonchev–Trinajstić information content (AvgIpc) is 2.50. The molecule has 0 bridgehead atoms. The van der Waals surface area contributed by atoms with Crippen LogP contribution in [0.25, 0.3) is 0 Å². The third-order valence-electron chi connectivity index (χ3n) is 3.14. The zero-order chi connectivity index (χ0) is 18.0. The van der Waals surface area contributed by atoms with Crippen molar-refractivity contribution in [3.05, 3.63) is 50.1 Å². The molecule has 0 radical (unpaired) electrons. The molecule has 24 heavy (non-hydrogen) atoms. The van der Waals surface area contributed by atoms with Gasteiger partial charge in [-0.05, 0) is 24.6 Å². The van der Waals surface area contributed by atoms with Gasteiger partial charge in [0.05, 0.1) is 21.6 Å². The maximum absolute atomic E-state index is 10.9. The van der Waals surface area contributed by atoms with Gasteiger partial charge in [-0.1, -0.05) is 0 Å². The number of non-ortho nitro benzene ring substituents is 1. The number of nitrogens with zero attached hydrogens (tertiary/aromatic N) is 4. The van der Waals surface area contributed by atoms with Gasteiger partial charge in [0.1, 0.15) is 11.4 Å². The molecule has 0 amide bonds. The van der Waals surface area contributed by atoms with Crippen molar-refractivity contribution in [1.82, 2.24) is 0 Å². The van der Waals surface area contributed by atoms with E-state index >= 15 is 0 Å². The monoisotopic (exact) mass is 332 g/mol. The van der Waals surface area contributed by atoms with Crippen LogP contribution in [0.1, 0.15) is 5.56 Å². The molecule has 2 rings (SSSR count). The second-order valence-electron chi connectivity index (χ2n) is 4.81. The maximum atomic E-state index is 10.9. The predicted molar refractivity (Wildman–Crippen MR) is 85.6 cm³/mol. The molecule has 0 fully saturated rings. The predicted octanol–water partition coefficient (Wildman–Crippen LogP) is 3.10. The minimum atomic E-state index is -0.955. The summed E-state index contributed by atoms with van der Waals surface area (Å²) in [4.78, 5) is 19.9. The molecule has 0 saturated heterocycles. The molecule has 124 valence electrons. The molecule has 0 spiro atoms. The Bertz CT molecular complexity index is 880. The van der Waals surface area contributed by atoms with Crippen molar-refractivity contribution >= 4 is 34.1 Å². The first kappa shape index (κ1) is 16.6. The number of anilines is 2. The van der Waals surface area contributed by atoms with Gasteiger partial charge < -0.3 is 16.6 Å². The minimum Gasteiger partial charge on any atom is -0.501 e. The van der Waals surface area contributed by atoms with Gasteiger partial charge in [0.2, 0.25) is 5.75 Å². The van der Waals surface area contributed by atoms with Gasteiger partial charge in [-0.15, -0.1) is 10.2 Å². The third-order valence-corrected chi connectivity index (χ3v) is 3.14. The van der Waals surface area contributed by atoms with Crippen LogP contribution in [0, 0.1) is 27.2 Å². The molecular weight excluding hydrogens is 320 g/mol. The van der Waals surface area contributed by atoms with Crippen LogP contribution in [-0.4, -0.2) is 15.0 Å². The number of nitro groups is 2. The number of hydrogen-bond donors (Lipinski definition) is 3. The number of nitrogen functional groups attached to an aromatic ring is 2. The van der Waals surface area contributed by atoms with Crippen LogP contribution in [0.2, 0.25) is 0 Å². The topological polar surface area (TPSA) is 183 Å². The molecule has 11 nitrogen and oxygen atoms in total. The summed E-state index contributed by atoms with van der Waals surface area (Å²) in [7, 11) is 0. The van der Waals surface area contributed by atoms with Gasteiger partial charge >= 0.3 is 5.69 Å². The van der Waals surface area contributed by atoms with Crippen molar-refractivity contribution in [3.8, 4) is 5.75 Å². The highest BCUT2D eigenvalue weighted by Crippen LogP contribution is 2.40. The van der Waals surface area contributed by atoms with Crippen LogP contribution < -0.4 is 11.5 Å². The molecule has 0 atom stereocenters. The first-order valence-electron chi connectivity index (χ1n) is 6.44. The van der Waals surface area contributed by atoms with E-state index in [1.54, 1.807) is 6.92 Å². The van der Waals surface area contributed by atoms with Crippen LogP contribution >= 0.6 is 0 Å². The summed E-state index contributed by atoms with van der Waals surface area (Å²) >= 11 is 0. The second kappa shape index (κ2) is 6.16. The lowest BCUT2D eigenvalue weighted by atomic mass is 10.1. The summed E-state index contributed by atoms with van der Waals surface area (Å²) in [5.41, 5.74) is 11.1. The molecule has 0 aromatic heterocycles. The SMILES string of the molecule is Cc1cc(N=Nc2cc([N+](=O)[O-])cc([N+](=O)[O-])c2O)c(N)cc1N. The van der Waals surface area contributed by atoms with E-state index in [2.05, 4.69) is 10.2 Å². The van der Waals surface area contributed by atoms with Gasteiger partial charge in [-0.25, -0.2) is 0 Å². The number of aromatic hydroxyl groups is 1. The number of phenolic OH excluding ortho intramolecular Hbond substituents is 1. The summed E-state index contributed by atoms with van der Waals surface area (Å²) in [6, 6.07) is 4.48. The number of rotatable bonds is 4. The Morgan fingerprint density at radius 2 is 1.58 bits per heavy atom. The lowest BCUT2D eigenvalue weighted by Gasteiger charge is -2.04. The van der Waals surface area contributed by atoms with Crippen LogP contribution in [0.3, 0.4) is 0 Å². The smallest absolute Gasteiger partial charge is 0.319 e. The lowest BCUT2D eigenvalue weighted by molar-refractivity contribution is -0.394. The molecule has 0 aliphatic carbocycles. The summed E-state index contributed by atoms with van der Waals surface area (Å²) in [6.45, 7) is 1.71. The maximum Gasteiger partial charge on any atom is 0.319 e. The summed E-state index contributed by atoms with van der Waals surface area (Å²) in [5, 5.41) is 39.0. The molecule has 0 heterocycles. The zero-order valence-electron chi connectivity index (χ0n) is 12.3. The minimum absolute atomic E-state index is 0.196. The van der Waals surface area contributed by atoms with Gasteiger partial charge in [-0.2, -0.15) is 0 Å². The summed E-state index contributed by atoms with van der Waals surface area (Å²) in [5.74, 6) is -0.833. The molecule has 0 unspecified atom stereocenters. The van der Waals surface area contributed by atoms with Gasteiger partial charge in [-0.3, -0.25) is 20.2 Å². The first-order chi connectivity index (χ1) is 11.2. The fourth-order valence-electron chi connectivity index (χ4n) is 1.83. The van der Waals surface area contributed by atoms with Crippen molar-refractivity contribution in [2.24, 2.45) is 10.2 Å². The molecule has 0 aliphatic rings. The van der Waals surface area contributed by atoms with E-state index in [1.165, 1.54) is 12.1 Å². The van der Waals surface area contributed by atoms with E-state index in [0.717, 1.165) is 6.07 Å².